The van der Waals surface area contributed by atoms with Gasteiger partial charge in [-0.3, -0.25) is 4.79 Å². The molecule has 0 atom stereocenters. The normalized spacial score (nSPS) is 9.95. The predicted molar refractivity (Wildman–Crippen MR) is 83.7 cm³/mol. The number of Topliss-reactive ketones (excluding diaryl/α,β-unsaturated/α-hetero) is 1. The Labute approximate surface area is 128 Å². The summed E-state index contributed by atoms with van der Waals surface area (Å²) in [6.45, 7) is 1.56. The van der Waals surface area contributed by atoms with E-state index in [9.17, 15) is 4.79 Å². The van der Waals surface area contributed by atoms with Gasteiger partial charge in [0.2, 0.25) is 0 Å². The Bertz CT molecular complexity index is 687. The molecule has 0 heterocycles. The van der Waals surface area contributed by atoms with E-state index < -0.39 is 0 Å². The lowest BCUT2D eigenvalue weighted by Gasteiger charge is -2.06. The standard InChI is InChI=1S/C17H15NO2S/c1-12(19)14-4-6-16(7-5-14)21-11-13-3-8-17(20-2)15(9-13)10-18/h3-9H,11H2,1-2H3. The van der Waals surface area contributed by atoms with Crippen LogP contribution in [-0.4, -0.2) is 12.9 Å². The van der Waals surface area contributed by atoms with Crippen molar-refractivity contribution in [2.45, 2.75) is 17.6 Å². The lowest BCUT2D eigenvalue weighted by Crippen LogP contribution is -1.91. The Morgan fingerprint density at radius 1 is 1.24 bits per heavy atom. The topological polar surface area (TPSA) is 50.1 Å². The van der Waals surface area contributed by atoms with E-state index in [-0.39, 0.29) is 5.78 Å². The van der Waals surface area contributed by atoms with Crippen LogP contribution in [-0.2, 0) is 5.75 Å². The number of hydrogen-bond acceptors (Lipinski definition) is 4. The Kier molecular flexibility index (Phi) is 5.02. The molecule has 0 aliphatic rings. The number of carbonyl (C=O) groups is 1. The third-order valence-corrected chi connectivity index (χ3v) is 4.13. The molecule has 0 amide bonds. The molecule has 0 aliphatic heterocycles. The van der Waals surface area contributed by atoms with Crippen LogP contribution in [0.15, 0.2) is 47.4 Å². The Balaban J connectivity index is 2.06. The maximum Gasteiger partial charge on any atom is 0.159 e. The van der Waals surface area contributed by atoms with Crippen LogP contribution in [0.5, 0.6) is 5.75 Å². The van der Waals surface area contributed by atoms with Crippen molar-refractivity contribution in [3.63, 3.8) is 0 Å². The third-order valence-electron chi connectivity index (χ3n) is 3.05. The van der Waals surface area contributed by atoms with E-state index in [0.717, 1.165) is 21.8 Å². The number of rotatable bonds is 5. The molecule has 0 unspecified atom stereocenters. The number of carbonyl (C=O) groups excluding carboxylic acids is 1. The van der Waals surface area contributed by atoms with Gasteiger partial charge in [-0.1, -0.05) is 18.2 Å². The van der Waals surface area contributed by atoms with Crippen LogP contribution in [0.2, 0.25) is 0 Å². The first-order valence-electron chi connectivity index (χ1n) is 6.45. The highest BCUT2D eigenvalue weighted by molar-refractivity contribution is 7.98. The molecule has 0 N–H and O–H groups in total. The molecule has 0 spiro atoms. The van der Waals surface area contributed by atoms with Gasteiger partial charge in [0, 0.05) is 16.2 Å². The molecule has 2 aromatic rings. The van der Waals surface area contributed by atoms with Crippen molar-refractivity contribution in [1.82, 2.24) is 0 Å². The molecule has 0 saturated carbocycles. The van der Waals surface area contributed by atoms with Gasteiger partial charge in [-0.2, -0.15) is 5.26 Å². The molecular weight excluding hydrogens is 282 g/mol. The molecule has 21 heavy (non-hydrogen) atoms. The molecule has 0 aliphatic carbocycles. The highest BCUT2D eigenvalue weighted by Crippen LogP contribution is 2.26. The van der Waals surface area contributed by atoms with Gasteiger partial charge in [0.15, 0.2) is 5.78 Å². The van der Waals surface area contributed by atoms with Crippen LogP contribution in [0, 0.1) is 11.3 Å². The first kappa shape index (κ1) is 15.1. The van der Waals surface area contributed by atoms with Gasteiger partial charge in [-0.05, 0) is 36.8 Å². The summed E-state index contributed by atoms with van der Waals surface area (Å²) >= 11 is 1.67. The number of thioether (sulfide) groups is 1. The van der Waals surface area contributed by atoms with Crippen LogP contribution >= 0.6 is 11.8 Å². The van der Waals surface area contributed by atoms with Gasteiger partial charge in [0.25, 0.3) is 0 Å². The molecule has 106 valence electrons. The molecule has 0 saturated heterocycles. The lowest BCUT2D eigenvalue weighted by molar-refractivity contribution is 0.101. The Morgan fingerprint density at radius 2 is 1.95 bits per heavy atom. The summed E-state index contributed by atoms with van der Waals surface area (Å²) < 4.78 is 5.13. The fourth-order valence-electron chi connectivity index (χ4n) is 1.88. The van der Waals surface area contributed by atoms with Crippen LogP contribution in [0.25, 0.3) is 0 Å². The summed E-state index contributed by atoms with van der Waals surface area (Å²) in [5.41, 5.74) is 2.33. The zero-order chi connectivity index (χ0) is 15.2. The summed E-state index contributed by atoms with van der Waals surface area (Å²) in [4.78, 5) is 12.3. The highest BCUT2D eigenvalue weighted by Gasteiger charge is 2.05. The molecule has 0 bridgehead atoms. The maximum atomic E-state index is 11.2. The Hall–Kier alpha value is -2.25. The summed E-state index contributed by atoms with van der Waals surface area (Å²) in [7, 11) is 1.56. The number of hydrogen-bond donors (Lipinski definition) is 0. The van der Waals surface area contributed by atoms with E-state index in [0.29, 0.717) is 11.3 Å². The molecule has 2 aromatic carbocycles. The van der Waals surface area contributed by atoms with Gasteiger partial charge < -0.3 is 4.74 Å². The van der Waals surface area contributed by atoms with Crippen molar-refractivity contribution in [2.75, 3.05) is 7.11 Å². The summed E-state index contributed by atoms with van der Waals surface area (Å²) in [5, 5.41) is 9.07. The van der Waals surface area contributed by atoms with Crippen molar-refractivity contribution in [3.8, 4) is 11.8 Å². The number of benzene rings is 2. The second-order valence-corrected chi connectivity index (χ2v) is 5.56. The number of nitriles is 1. The van der Waals surface area contributed by atoms with E-state index in [1.807, 2.05) is 42.5 Å². The third kappa shape index (κ3) is 3.87. The molecule has 4 heteroatoms. The summed E-state index contributed by atoms with van der Waals surface area (Å²) in [5.74, 6) is 1.43. The molecule has 2 rings (SSSR count). The van der Waals surface area contributed by atoms with Crippen LogP contribution in [0.3, 0.4) is 0 Å². The minimum absolute atomic E-state index is 0.0698. The summed E-state index contributed by atoms with van der Waals surface area (Å²) in [6, 6.07) is 15.3. The van der Waals surface area contributed by atoms with Gasteiger partial charge in [0.05, 0.1) is 12.7 Å². The second kappa shape index (κ2) is 6.96. The lowest BCUT2D eigenvalue weighted by atomic mass is 10.1. The van der Waals surface area contributed by atoms with E-state index in [1.165, 1.54) is 0 Å². The van der Waals surface area contributed by atoms with E-state index in [4.69, 9.17) is 10.00 Å². The van der Waals surface area contributed by atoms with Crippen molar-refractivity contribution < 1.29 is 9.53 Å². The first-order chi connectivity index (χ1) is 10.1. The average Bonchev–Trinajstić information content (AvgIpc) is 2.52. The van der Waals surface area contributed by atoms with Crippen LogP contribution in [0.4, 0.5) is 0 Å². The molecule has 3 nitrogen and oxygen atoms in total. The van der Waals surface area contributed by atoms with Gasteiger partial charge >= 0.3 is 0 Å². The number of methoxy groups -OCH3 is 1. The van der Waals surface area contributed by atoms with E-state index >= 15 is 0 Å². The molecule has 0 fully saturated rings. The zero-order valence-corrected chi connectivity index (χ0v) is 12.7. The largest absolute Gasteiger partial charge is 0.495 e. The fraction of sp³-hybridized carbons (Fsp3) is 0.176. The quantitative estimate of drug-likeness (QED) is 0.617. The number of ether oxygens (including phenoxy) is 1. The maximum absolute atomic E-state index is 11.2. The fourth-order valence-corrected chi connectivity index (χ4v) is 2.73. The zero-order valence-electron chi connectivity index (χ0n) is 11.9. The summed E-state index contributed by atoms with van der Waals surface area (Å²) in [6.07, 6.45) is 0. The SMILES string of the molecule is COc1ccc(CSc2ccc(C(C)=O)cc2)cc1C#N. The van der Waals surface area contributed by atoms with Gasteiger partial charge in [0.1, 0.15) is 11.8 Å². The smallest absolute Gasteiger partial charge is 0.159 e. The minimum atomic E-state index is 0.0698. The molecular formula is C17H15NO2S. The minimum Gasteiger partial charge on any atom is -0.495 e. The van der Waals surface area contributed by atoms with Crippen molar-refractivity contribution in [1.29, 1.82) is 5.26 Å². The first-order valence-corrected chi connectivity index (χ1v) is 7.43. The number of ketones is 1. The van der Waals surface area contributed by atoms with Crippen molar-refractivity contribution >= 4 is 17.5 Å². The van der Waals surface area contributed by atoms with E-state index in [2.05, 4.69) is 6.07 Å². The second-order valence-electron chi connectivity index (χ2n) is 4.52. The molecule has 0 aromatic heterocycles. The number of nitrogens with zero attached hydrogens (tertiary/aromatic N) is 1. The van der Waals surface area contributed by atoms with Crippen LogP contribution in [0.1, 0.15) is 28.4 Å². The van der Waals surface area contributed by atoms with E-state index in [1.54, 1.807) is 25.8 Å². The van der Waals surface area contributed by atoms with Crippen molar-refractivity contribution in [2.24, 2.45) is 0 Å². The Morgan fingerprint density at radius 3 is 2.52 bits per heavy atom. The van der Waals surface area contributed by atoms with Crippen molar-refractivity contribution in [3.05, 3.63) is 59.2 Å². The van der Waals surface area contributed by atoms with Gasteiger partial charge in [-0.15, -0.1) is 11.8 Å². The van der Waals surface area contributed by atoms with Crippen LogP contribution < -0.4 is 4.74 Å². The predicted octanol–water partition coefficient (Wildman–Crippen LogP) is 4.06. The molecule has 0 radical (unpaired) electrons. The monoisotopic (exact) mass is 297 g/mol. The van der Waals surface area contributed by atoms with Gasteiger partial charge in [-0.25, -0.2) is 0 Å². The highest BCUT2D eigenvalue weighted by atomic mass is 32.2. The average molecular weight is 297 g/mol.